The van der Waals surface area contributed by atoms with E-state index in [2.05, 4.69) is 45.0 Å². The van der Waals surface area contributed by atoms with Crippen molar-refractivity contribution in [2.45, 2.75) is 52.4 Å². The summed E-state index contributed by atoms with van der Waals surface area (Å²) in [5.74, 6) is 1.28. The summed E-state index contributed by atoms with van der Waals surface area (Å²) >= 11 is 0. The third-order valence-corrected chi connectivity index (χ3v) is 9.11. The van der Waals surface area contributed by atoms with Gasteiger partial charge in [0.2, 0.25) is 0 Å². The molecule has 0 spiro atoms. The summed E-state index contributed by atoms with van der Waals surface area (Å²) < 4.78 is 82.0. The van der Waals surface area contributed by atoms with Gasteiger partial charge in [0.05, 0.1) is 178 Å². The van der Waals surface area contributed by atoms with Crippen LogP contribution in [0.1, 0.15) is 57.9 Å². The summed E-state index contributed by atoms with van der Waals surface area (Å²) in [6, 6.07) is 8.55. The van der Waals surface area contributed by atoms with Crippen molar-refractivity contribution >= 4 is 5.97 Å². The van der Waals surface area contributed by atoms with Crippen molar-refractivity contribution in [3.8, 4) is 5.75 Å². The molecule has 0 fully saturated rings. The van der Waals surface area contributed by atoms with Crippen LogP contribution in [0.25, 0.3) is 0 Å². The number of rotatable bonds is 51. The van der Waals surface area contributed by atoms with Crippen molar-refractivity contribution in [2.75, 3.05) is 192 Å². The highest BCUT2D eigenvalue weighted by atomic mass is 16.6. The molecule has 2 unspecified atom stereocenters. The predicted octanol–water partition coefficient (Wildman–Crippen LogP) is 4.70. The van der Waals surface area contributed by atoms with E-state index in [9.17, 15) is 4.79 Å². The Morgan fingerprint density at radius 1 is 0.403 bits per heavy atom. The van der Waals surface area contributed by atoms with Crippen molar-refractivity contribution in [3.05, 3.63) is 29.8 Å². The van der Waals surface area contributed by atoms with Gasteiger partial charge in [0.25, 0.3) is 0 Å². The van der Waals surface area contributed by atoms with E-state index in [4.69, 9.17) is 76.2 Å². The largest absolute Gasteiger partial charge is 0.491 e. The van der Waals surface area contributed by atoms with Crippen molar-refractivity contribution in [3.63, 3.8) is 0 Å². The van der Waals surface area contributed by atoms with E-state index in [1.807, 2.05) is 0 Å². The molecule has 0 bridgehead atoms. The average molecular weight is 895 g/mol. The summed E-state index contributed by atoms with van der Waals surface area (Å²) in [6.45, 7) is 19.8. The fourth-order valence-corrected chi connectivity index (χ4v) is 5.37. The highest BCUT2D eigenvalue weighted by Gasteiger charge is 2.11. The number of benzene rings is 1. The molecule has 2 atom stereocenters. The first-order valence-electron chi connectivity index (χ1n) is 22.6. The molecule has 364 valence electrons. The maximum absolute atomic E-state index is 10.3. The van der Waals surface area contributed by atoms with Crippen molar-refractivity contribution in [2.24, 2.45) is 5.92 Å². The second-order valence-electron chi connectivity index (χ2n) is 14.0. The summed E-state index contributed by atoms with van der Waals surface area (Å²) in [5, 5.41) is 8.45. The number of ether oxygens (including phenoxy) is 15. The van der Waals surface area contributed by atoms with Crippen molar-refractivity contribution in [1.29, 1.82) is 0 Å². The molecule has 0 aliphatic carbocycles. The van der Waals surface area contributed by atoms with Crippen LogP contribution in [-0.2, 0) is 71.1 Å². The molecule has 1 N–H and O–H groups in total. The Morgan fingerprint density at radius 3 is 0.935 bits per heavy atom. The number of hydrogen-bond donors (Lipinski definition) is 1. The summed E-state index contributed by atoms with van der Waals surface area (Å²) in [4.78, 5) is 10.3. The molecule has 0 aliphatic heterocycles. The SMILES string of the molecule is CCC(C)CCC(CC)c1ccc(OCCOCCOCCOCCOCCOCCOCCOCCOCCOCCOCCOCCOCCOCCOCC(=O)O)cc1. The first-order chi connectivity index (χ1) is 30.6. The van der Waals surface area contributed by atoms with E-state index in [1.54, 1.807) is 0 Å². The summed E-state index contributed by atoms with van der Waals surface area (Å²) in [6.07, 6.45) is 4.93. The Bertz CT molecular complexity index is 1050. The van der Waals surface area contributed by atoms with Crippen LogP contribution in [0.2, 0.25) is 0 Å². The topological polar surface area (TPSA) is 176 Å². The molecule has 0 saturated heterocycles. The van der Waals surface area contributed by atoms with Crippen LogP contribution in [-0.4, -0.2) is 203 Å². The molecule has 62 heavy (non-hydrogen) atoms. The van der Waals surface area contributed by atoms with Crippen LogP contribution < -0.4 is 4.74 Å². The second kappa shape index (κ2) is 46.9. The minimum Gasteiger partial charge on any atom is -0.491 e. The van der Waals surface area contributed by atoms with Crippen LogP contribution in [0.5, 0.6) is 5.75 Å². The Labute approximate surface area is 371 Å². The van der Waals surface area contributed by atoms with Gasteiger partial charge in [-0.25, -0.2) is 4.79 Å². The fourth-order valence-electron chi connectivity index (χ4n) is 5.37. The molecule has 17 nitrogen and oxygen atoms in total. The van der Waals surface area contributed by atoms with Gasteiger partial charge in [-0.1, -0.05) is 45.7 Å². The number of hydrogen-bond acceptors (Lipinski definition) is 16. The molecular weight excluding hydrogens is 812 g/mol. The van der Waals surface area contributed by atoms with Gasteiger partial charge in [0.15, 0.2) is 0 Å². The predicted molar refractivity (Wildman–Crippen MR) is 233 cm³/mol. The standard InChI is InChI=1S/C45H82O17/c1-4-41(3)6-7-42(5-2)43-8-10-44(11-9-43)62-39-38-60-35-34-58-31-30-56-27-26-54-23-22-52-19-18-50-15-14-48-12-13-49-16-17-51-20-21-53-24-25-55-28-29-57-32-33-59-36-37-61-40-45(46)47/h8-11,41-42H,4-7,12-40H2,1-3H3,(H,46,47). The third kappa shape index (κ3) is 40.7. The average Bonchev–Trinajstić information content (AvgIpc) is 3.28. The van der Waals surface area contributed by atoms with E-state index in [-0.39, 0.29) is 13.2 Å². The minimum absolute atomic E-state index is 0.238. The molecule has 0 amide bonds. The zero-order valence-corrected chi connectivity index (χ0v) is 38.3. The van der Waals surface area contributed by atoms with Crippen LogP contribution in [0.15, 0.2) is 24.3 Å². The van der Waals surface area contributed by atoms with Gasteiger partial charge in [0.1, 0.15) is 19.0 Å². The highest BCUT2D eigenvalue weighted by Crippen LogP contribution is 2.28. The Balaban J connectivity index is 1.68. The molecule has 17 heteroatoms. The molecule has 0 aromatic heterocycles. The van der Waals surface area contributed by atoms with Gasteiger partial charge >= 0.3 is 5.97 Å². The van der Waals surface area contributed by atoms with Crippen molar-refractivity contribution in [1.82, 2.24) is 0 Å². The van der Waals surface area contributed by atoms with Gasteiger partial charge in [-0.05, 0) is 42.4 Å². The lowest BCUT2D eigenvalue weighted by Gasteiger charge is -2.18. The number of carboxylic acid groups (broad SMARTS) is 1. The maximum Gasteiger partial charge on any atom is 0.329 e. The Kier molecular flexibility index (Phi) is 43.8. The zero-order chi connectivity index (χ0) is 44.7. The molecular formula is C45H82O17. The van der Waals surface area contributed by atoms with E-state index >= 15 is 0 Å². The normalized spacial score (nSPS) is 12.6. The second-order valence-corrected chi connectivity index (χ2v) is 14.0. The van der Waals surface area contributed by atoms with Gasteiger partial charge in [0, 0.05) is 0 Å². The molecule has 0 radical (unpaired) electrons. The van der Waals surface area contributed by atoms with E-state index in [0.29, 0.717) is 184 Å². The summed E-state index contributed by atoms with van der Waals surface area (Å²) in [7, 11) is 0. The minimum atomic E-state index is -0.998. The highest BCUT2D eigenvalue weighted by molar-refractivity contribution is 5.67. The Morgan fingerprint density at radius 2 is 0.677 bits per heavy atom. The molecule has 1 aromatic rings. The summed E-state index contributed by atoms with van der Waals surface area (Å²) in [5.41, 5.74) is 1.40. The molecule has 0 saturated carbocycles. The van der Waals surface area contributed by atoms with Crippen LogP contribution in [0.4, 0.5) is 0 Å². The lowest BCUT2D eigenvalue weighted by Crippen LogP contribution is -2.16. The lowest BCUT2D eigenvalue weighted by molar-refractivity contribution is -0.142. The first-order valence-corrected chi connectivity index (χ1v) is 22.6. The lowest BCUT2D eigenvalue weighted by atomic mass is 9.88. The van der Waals surface area contributed by atoms with Crippen molar-refractivity contribution < 1.29 is 81.0 Å². The van der Waals surface area contributed by atoms with E-state index < -0.39 is 5.97 Å². The first kappa shape index (κ1) is 57.9. The van der Waals surface area contributed by atoms with E-state index in [1.165, 1.54) is 24.8 Å². The molecule has 0 heterocycles. The third-order valence-electron chi connectivity index (χ3n) is 9.11. The maximum atomic E-state index is 10.3. The smallest absolute Gasteiger partial charge is 0.329 e. The Hall–Kier alpha value is -2.07. The van der Waals surface area contributed by atoms with Gasteiger partial charge < -0.3 is 76.2 Å². The van der Waals surface area contributed by atoms with Crippen LogP contribution in [0.3, 0.4) is 0 Å². The number of carbonyl (C=O) groups is 1. The number of carboxylic acids is 1. The fraction of sp³-hybridized carbons (Fsp3) is 0.844. The molecule has 1 aromatic carbocycles. The molecule has 0 aliphatic rings. The quantitative estimate of drug-likeness (QED) is 0.0890. The molecule has 1 rings (SSSR count). The monoisotopic (exact) mass is 895 g/mol. The van der Waals surface area contributed by atoms with Gasteiger partial charge in [-0.3, -0.25) is 0 Å². The zero-order valence-electron chi connectivity index (χ0n) is 38.3. The van der Waals surface area contributed by atoms with Gasteiger partial charge in [-0.15, -0.1) is 0 Å². The van der Waals surface area contributed by atoms with Crippen LogP contribution >= 0.6 is 0 Å². The number of aliphatic carboxylic acids is 1. The van der Waals surface area contributed by atoms with Crippen LogP contribution in [0, 0.1) is 5.92 Å². The van der Waals surface area contributed by atoms with E-state index in [0.717, 1.165) is 18.1 Å². The van der Waals surface area contributed by atoms with Gasteiger partial charge in [-0.2, -0.15) is 0 Å².